The van der Waals surface area contributed by atoms with Gasteiger partial charge in [0, 0.05) is 23.6 Å². The molecule has 0 aliphatic rings. The van der Waals surface area contributed by atoms with Crippen LogP contribution in [0.5, 0.6) is 5.75 Å². The molecule has 3 aromatic rings. The molecule has 6 nitrogen and oxygen atoms in total. The number of halogens is 1. The monoisotopic (exact) mass is 443 g/mol. The van der Waals surface area contributed by atoms with Gasteiger partial charge in [0.25, 0.3) is 0 Å². The molecule has 0 aliphatic carbocycles. The van der Waals surface area contributed by atoms with Gasteiger partial charge in [-0.3, -0.25) is 0 Å². The fourth-order valence-electron chi connectivity index (χ4n) is 2.71. The first kappa shape index (κ1) is 19.9. The van der Waals surface area contributed by atoms with E-state index in [2.05, 4.69) is 26.2 Å². The summed E-state index contributed by atoms with van der Waals surface area (Å²) in [5.74, 6) is 0.983. The Morgan fingerprint density at radius 3 is 2.75 bits per heavy atom. The third-order valence-electron chi connectivity index (χ3n) is 4.17. The second kappa shape index (κ2) is 9.41. The van der Waals surface area contributed by atoms with Crippen LogP contribution in [0.3, 0.4) is 0 Å². The van der Waals surface area contributed by atoms with Crippen molar-refractivity contribution in [2.45, 2.75) is 20.1 Å². The van der Waals surface area contributed by atoms with Crippen molar-refractivity contribution in [3.63, 3.8) is 0 Å². The molecule has 0 bridgehead atoms. The van der Waals surface area contributed by atoms with Crippen molar-refractivity contribution in [2.24, 2.45) is 7.05 Å². The summed E-state index contributed by atoms with van der Waals surface area (Å²) in [4.78, 5) is 16.2. The highest BCUT2D eigenvalue weighted by atomic mass is 79.9. The Morgan fingerprint density at radius 2 is 2.00 bits per heavy atom. The van der Waals surface area contributed by atoms with Crippen molar-refractivity contribution >= 4 is 27.8 Å². The van der Waals surface area contributed by atoms with E-state index in [0.29, 0.717) is 31.4 Å². The number of hydrogen-bond donors (Lipinski definition) is 1. The zero-order valence-electron chi connectivity index (χ0n) is 15.8. The molecular weight excluding hydrogens is 422 g/mol. The van der Waals surface area contributed by atoms with E-state index < -0.39 is 0 Å². The fourth-order valence-corrected chi connectivity index (χ4v) is 3.11. The van der Waals surface area contributed by atoms with Gasteiger partial charge in [-0.05, 0) is 30.7 Å². The Labute approximate surface area is 172 Å². The van der Waals surface area contributed by atoms with E-state index >= 15 is 0 Å². The number of benzene rings is 2. The lowest BCUT2D eigenvalue weighted by Gasteiger charge is -2.14. The van der Waals surface area contributed by atoms with E-state index in [1.807, 2.05) is 48.5 Å². The van der Waals surface area contributed by atoms with Gasteiger partial charge in [0.05, 0.1) is 12.8 Å². The predicted octanol–water partition coefficient (Wildman–Crippen LogP) is 4.55. The summed E-state index contributed by atoms with van der Waals surface area (Å²) in [6.45, 7) is 3.09. The molecule has 0 radical (unpaired) electrons. The van der Waals surface area contributed by atoms with Crippen molar-refractivity contribution in [1.29, 1.82) is 0 Å². The number of carbonyl (C=O) groups excluding carboxylic acids is 1. The highest BCUT2D eigenvalue weighted by molar-refractivity contribution is 9.10. The normalized spacial score (nSPS) is 10.5. The van der Waals surface area contributed by atoms with Crippen molar-refractivity contribution in [3.05, 3.63) is 76.0 Å². The molecule has 0 atom stereocenters. The Kier molecular flexibility index (Phi) is 6.71. The average Bonchev–Trinajstić information content (AvgIpc) is 3.07. The van der Waals surface area contributed by atoms with Crippen LogP contribution < -0.4 is 10.1 Å². The van der Waals surface area contributed by atoms with Crippen LogP contribution in [0, 0.1) is 0 Å². The third kappa shape index (κ3) is 4.92. The summed E-state index contributed by atoms with van der Waals surface area (Å²) in [7, 11) is 1.77. The molecule has 0 unspecified atom stereocenters. The van der Waals surface area contributed by atoms with Gasteiger partial charge >= 0.3 is 5.97 Å². The molecule has 0 spiro atoms. The van der Waals surface area contributed by atoms with Crippen LogP contribution in [0.1, 0.15) is 28.5 Å². The minimum absolute atomic E-state index is 0.326. The zero-order chi connectivity index (χ0) is 19.9. The molecule has 1 heterocycles. The summed E-state index contributed by atoms with van der Waals surface area (Å²) < 4.78 is 13.7. The van der Waals surface area contributed by atoms with Crippen molar-refractivity contribution in [2.75, 3.05) is 11.9 Å². The smallest absolute Gasteiger partial charge is 0.356 e. The van der Waals surface area contributed by atoms with E-state index in [0.717, 1.165) is 21.3 Å². The molecular formula is C21H22BrN3O3. The maximum Gasteiger partial charge on any atom is 0.356 e. The highest BCUT2D eigenvalue weighted by Crippen LogP contribution is 2.25. The van der Waals surface area contributed by atoms with Gasteiger partial charge in [-0.25, -0.2) is 9.78 Å². The van der Waals surface area contributed by atoms with E-state index in [4.69, 9.17) is 9.47 Å². The molecule has 0 amide bonds. The summed E-state index contributed by atoms with van der Waals surface area (Å²) in [5.41, 5.74) is 2.48. The Balaban J connectivity index is 1.70. The number of imidazole rings is 1. The number of esters is 1. The number of carbonyl (C=O) groups is 1. The second-order valence-corrected chi connectivity index (χ2v) is 7.04. The van der Waals surface area contributed by atoms with Crippen LogP contribution in [0.4, 0.5) is 5.95 Å². The zero-order valence-corrected chi connectivity index (χ0v) is 17.4. The Bertz CT molecular complexity index is 941. The average molecular weight is 444 g/mol. The molecule has 0 fully saturated rings. The number of anilines is 1. The first-order chi connectivity index (χ1) is 13.6. The fraction of sp³-hybridized carbons (Fsp3) is 0.238. The van der Waals surface area contributed by atoms with E-state index in [1.54, 1.807) is 18.5 Å². The molecule has 3 rings (SSSR count). The first-order valence-corrected chi connectivity index (χ1v) is 9.75. The van der Waals surface area contributed by atoms with Crippen LogP contribution in [-0.4, -0.2) is 22.1 Å². The number of aromatic nitrogens is 2. The van der Waals surface area contributed by atoms with Crippen LogP contribution in [0.2, 0.25) is 0 Å². The van der Waals surface area contributed by atoms with Crippen molar-refractivity contribution < 1.29 is 14.3 Å². The summed E-state index contributed by atoms with van der Waals surface area (Å²) in [5, 5.41) is 3.26. The van der Waals surface area contributed by atoms with Crippen LogP contribution in [0.25, 0.3) is 0 Å². The number of hydrogen-bond acceptors (Lipinski definition) is 5. The molecule has 2 aromatic carbocycles. The summed E-state index contributed by atoms with van der Waals surface area (Å²) in [6, 6.07) is 15.9. The molecule has 0 saturated heterocycles. The largest absolute Gasteiger partial charge is 0.489 e. The maximum atomic E-state index is 11.9. The molecule has 1 N–H and O–H groups in total. The van der Waals surface area contributed by atoms with Gasteiger partial charge in [-0.2, -0.15) is 0 Å². The van der Waals surface area contributed by atoms with Gasteiger partial charge in [-0.15, -0.1) is 0 Å². The minimum Gasteiger partial charge on any atom is -0.489 e. The van der Waals surface area contributed by atoms with Crippen LogP contribution in [-0.2, 0) is 24.9 Å². The standard InChI is InChI=1S/C21H22BrN3O3/c1-3-27-20(26)18-13-24-21(25(18)2)23-12-16-11-17(22)9-10-19(16)28-14-15-7-5-4-6-8-15/h4-11,13H,3,12,14H2,1-2H3,(H,23,24). The molecule has 0 saturated carbocycles. The summed E-state index contributed by atoms with van der Waals surface area (Å²) in [6.07, 6.45) is 1.51. The molecule has 1 aromatic heterocycles. The Hall–Kier alpha value is -2.80. The number of rotatable bonds is 8. The third-order valence-corrected chi connectivity index (χ3v) is 4.66. The Morgan fingerprint density at radius 1 is 1.21 bits per heavy atom. The SMILES string of the molecule is CCOC(=O)c1cnc(NCc2cc(Br)ccc2OCc2ccccc2)n1C. The van der Waals surface area contributed by atoms with E-state index in [-0.39, 0.29) is 5.97 Å². The predicted molar refractivity (Wildman–Crippen MR) is 111 cm³/mol. The van der Waals surface area contributed by atoms with E-state index in [9.17, 15) is 4.79 Å². The van der Waals surface area contributed by atoms with Gasteiger partial charge in [-0.1, -0.05) is 46.3 Å². The van der Waals surface area contributed by atoms with Crippen LogP contribution >= 0.6 is 15.9 Å². The highest BCUT2D eigenvalue weighted by Gasteiger charge is 2.15. The van der Waals surface area contributed by atoms with Gasteiger partial charge in [0.15, 0.2) is 0 Å². The van der Waals surface area contributed by atoms with Crippen LogP contribution in [0.15, 0.2) is 59.2 Å². The molecule has 0 aliphatic heterocycles. The lowest BCUT2D eigenvalue weighted by molar-refractivity contribution is 0.0515. The lowest BCUT2D eigenvalue weighted by Crippen LogP contribution is -2.12. The maximum absolute atomic E-state index is 11.9. The quantitative estimate of drug-likeness (QED) is 0.517. The van der Waals surface area contributed by atoms with Crippen molar-refractivity contribution in [1.82, 2.24) is 9.55 Å². The van der Waals surface area contributed by atoms with Gasteiger partial charge in [0.2, 0.25) is 5.95 Å². The molecule has 146 valence electrons. The molecule has 7 heteroatoms. The number of nitrogens with zero attached hydrogens (tertiary/aromatic N) is 2. The van der Waals surface area contributed by atoms with Crippen molar-refractivity contribution in [3.8, 4) is 5.75 Å². The second-order valence-electron chi connectivity index (χ2n) is 6.13. The number of ether oxygens (including phenoxy) is 2. The topological polar surface area (TPSA) is 65.4 Å². The minimum atomic E-state index is -0.389. The van der Waals surface area contributed by atoms with Gasteiger partial charge in [0.1, 0.15) is 18.1 Å². The first-order valence-electron chi connectivity index (χ1n) is 8.96. The molecule has 28 heavy (non-hydrogen) atoms. The van der Waals surface area contributed by atoms with Gasteiger partial charge < -0.3 is 19.4 Å². The lowest BCUT2D eigenvalue weighted by atomic mass is 10.2. The summed E-state index contributed by atoms with van der Waals surface area (Å²) >= 11 is 3.51. The number of nitrogens with one attached hydrogen (secondary N) is 1. The van der Waals surface area contributed by atoms with E-state index in [1.165, 1.54) is 6.20 Å².